The fourth-order valence-electron chi connectivity index (χ4n) is 3.14. The molecule has 1 aliphatic heterocycles. The number of hydrogen-bond acceptors (Lipinski definition) is 4. The third kappa shape index (κ3) is 3.07. The summed E-state index contributed by atoms with van der Waals surface area (Å²) in [4.78, 5) is 16.7. The van der Waals surface area contributed by atoms with Gasteiger partial charge in [0.25, 0.3) is 0 Å². The van der Waals surface area contributed by atoms with Crippen LogP contribution in [0.15, 0.2) is 24.4 Å². The third-order valence-corrected chi connectivity index (χ3v) is 4.53. The van der Waals surface area contributed by atoms with E-state index in [2.05, 4.69) is 4.98 Å². The van der Waals surface area contributed by atoms with E-state index in [1.54, 1.807) is 12.1 Å². The number of aromatic nitrogens is 1. The topological polar surface area (TPSA) is 77.2 Å². The first-order valence-corrected chi connectivity index (χ1v) is 7.63. The molecule has 5 nitrogen and oxygen atoms in total. The number of carbonyl (C=O) groups is 1. The predicted molar refractivity (Wildman–Crippen MR) is 84.4 cm³/mol. The number of carboxylic acid groups (broad SMARTS) is 1. The smallest absolute Gasteiger partial charge is 0.394 e. The normalized spacial score (nSPS) is 20.7. The molecule has 0 saturated carbocycles. The molecule has 1 aromatic carbocycles. The van der Waals surface area contributed by atoms with Crippen LogP contribution in [0.3, 0.4) is 0 Å². The molecule has 1 aromatic heterocycles. The number of nitriles is 1. The summed E-state index contributed by atoms with van der Waals surface area (Å²) < 4.78 is 39.7. The van der Waals surface area contributed by atoms with E-state index in [1.807, 2.05) is 6.07 Å². The van der Waals surface area contributed by atoms with Crippen LogP contribution >= 0.6 is 11.6 Å². The van der Waals surface area contributed by atoms with Gasteiger partial charge in [-0.05, 0) is 18.2 Å². The number of alkyl halides is 3. The molecular weight excluding hydrogens is 359 g/mol. The van der Waals surface area contributed by atoms with Gasteiger partial charge >= 0.3 is 12.1 Å². The van der Waals surface area contributed by atoms with Crippen LogP contribution in [-0.4, -0.2) is 35.3 Å². The van der Waals surface area contributed by atoms with Gasteiger partial charge in [0.05, 0.1) is 28.6 Å². The summed E-state index contributed by atoms with van der Waals surface area (Å²) in [6.07, 6.45) is -3.38. The average molecular weight is 370 g/mol. The van der Waals surface area contributed by atoms with Gasteiger partial charge in [0, 0.05) is 29.7 Å². The van der Waals surface area contributed by atoms with E-state index in [0.29, 0.717) is 15.9 Å². The summed E-state index contributed by atoms with van der Waals surface area (Å²) in [6.45, 7) is -0.888. The zero-order valence-electron chi connectivity index (χ0n) is 12.6. The Morgan fingerprint density at radius 1 is 1.40 bits per heavy atom. The average Bonchev–Trinajstić information content (AvgIpc) is 2.99. The molecular formula is C16H11ClF3N3O2. The molecule has 2 atom stereocenters. The van der Waals surface area contributed by atoms with E-state index in [9.17, 15) is 28.3 Å². The highest BCUT2D eigenvalue weighted by atomic mass is 35.5. The zero-order chi connectivity index (χ0) is 18.4. The van der Waals surface area contributed by atoms with Crippen LogP contribution in [0.25, 0.3) is 10.9 Å². The first-order valence-electron chi connectivity index (χ1n) is 7.25. The number of halogens is 4. The standard InChI is InChI=1S/C16H11ClF3N3O2/c17-9-1-2-13-10(3-9)14(8(4-21)5-22-13)23-6-11(15(24)25)12(7-23)16(18,19)20/h1-3,5,11-12H,6-7H2,(H,24,25)/t11-,12-/m1/s1. The van der Waals surface area contributed by atoms with Crippen LogP contribution in [0.2, 0.25) is 5.02 Å². The third-order valence-electron chi connectivity index (χ3n) is 4.30. The maximum atomic E-state index is 13.2. The Labute approximate surface area is 145 Å². The van der Waals surface area contributed by atoms with Gasteiger partial charge in [-0.15, -0.1) is 0 Å². The van der Waals surface area contributed by atoms with Crippen molar-refractivity contribution in [1.82, 2.24) is 4.98 Å². The molecule has 0 bridgehead atoms. The van der Waals surface area contributed by atoms with Gasteiger partial charge in [-0.2, -0.15) is 18.4 Å². The van der Waals surface area contributed by atoms with Gasteiger partial charge in [0.1, 0.15) is 6.07 Å². The number of pyridine rings is 1. The monoisotopic (exact) mass is 369 g/mol. The van der Waals surface area contributed by atoms with Crippen molar-refractivity contribution in [3.05, 3.63) is 35.0 Å². The molecule has 3 rings (SSSR count). The quantitative estimate of drug-likeness (QED) is 0.877. The van der Waals surface area contributed by atoms with Crippen molar-refractivity contribution < 1.29 is 23.1 Å². The Bertz CT molecular complexity index is 895. The number of aliphatic carboxylic acids is 1. The SMILES string of the molecule is N#Cc1cnc2ccc(Cl)cc2c1N1C[C@@H](C(F)(F)F)[C@H](C(=O)O)C1. The first-order chi connectivity index (χ1) is 11.7. The van der Waals surface area contributed by atoms with E-state index in [1.165, 1.54) is 17.2 Å². The molecule has 25 heavy (non-hydrogen) atoms. The lowest BCUT2D eigenvalue weighted by atomic mass is 9.96. The fraction of sp³-hybridized carbons (Fsp3) is 0.312. The molecule has 0 unspecified atom stereocenters. The summed E-state index contributed by atoms with van der Waals surface area (Å²) in [6, 6.07) is 6.59. The van der Waals surface area contributed by atoms with E-state index in [4.69, 9.17) is 11.6 Å². The Balaban J connectivity index is 2.15. The van der Waals surface area contributed by atoms with Crippen molar-refractivity contribution in [2.24, 2.45) is 11.8 Å². The van der Waals surface area contributed by atoms with Crippen LogP contribution in [0, 0.1) is 23.2 Å². The summed E-state index contributed by atoms with van der Waals surface area (Å²) in [5.41, 5.74) is 0.760. The maximum Gasteiger partial charge on any atom is 0.394 e. The van der Waals surface area contributed by atoms with E-state index in [0.717, 1.165) is 0 Å². The van der Waals surface area contributed by atoms with E-state index < -0.39 is 30.5 Å². The van der Waals surface area contributed by atoms with Crippen molar-refractivity contribution >= 4 is 34.2 Å². The van der Waals surface area contributed by atoms with Crippen molar-refractivity contribution in [2.75, 3.05) is 18.0 Å². The largest absolute Gasteiger partial charge is 0.481 e. The number of carboxylic acids is 1. The molecule has 1 saturated heterocycles. The highest BCUT2D eigenvalue weighted by Crippen LogP contribution is 2.42. The summed E-state index contributed by atoms with van der Waals surface area (Å²) in [5.74, 6) is -5.13. The first kappa shape index (κ1) is 17.3. The summed E-state index contributed by atoms with van der Waals surface area (Å²) in [7, 11) is 0. The van der Waals surface area contributed by atoms with Gasteiger partial charge in [-0.3, -0.25) is 9.78 Å². The lowest BCUT2D eigenvalue weighted by molar-refractivity contribution is -0.187. The molecule has 0 amide bonds. The number of rotatable bonds is 2. The molecule has 0 spiro atoms. The lowest BCUT2D eigenvalue weighted by Gasteiger charge is -2.22. The Morgan fingerprint density at radius 2 is 2.12 bits per heavy atom. The van der Waals surface area contributed by atoms with Crippen LogP contribution in [0.4, 0.5) is 18.9 Å². The van der Waals surface area contributed by atoms with Crippen LogP contribution < -0.4 is 4.90 Å². The van der Waals surface area contributed by atoms with Crippen LogP contribution in [0.5, 0.6) is 0 Å². The number of nitrogens with zero attached hydrogens (tertiary/aromatic N) is 3. The van der Waals surface area contributed by atoms with Gasteiger partial charge in [-0.1, -0.05) is 11.6 Å². The lowest BCUT2D eigenvalue weighted by Crippen LogP contribution is -2.33. The minimum absolute atomic E-state index is 0.0710. The molecule has 1 fully saturated rings. The van der Waals surface area contributed by atoms with Crippen molar-refractivity contribution in [3.63, 3.8) is 0 Å². The van der Waals surface area contributed by atoms with E-state index >= 15 is 0 Å². The van der Waals surface area contributed by atoms with Gasteiger partial charge < -0.3 is 10.0 Å². The van der Waals surface area contributed by atoms with E-state index in [-0.39, 0.29) is 17.8 Å². The Morgan fingerprint density at radius 3 is 2.68 bits per heavy atom. The second-order valence-electron chi connectivity index (χ2n) is 5.79. The molecule has 0 aliphatic carbocycles. The highest BCUT2D eigenvalue weighted by molar-refractivity contribution is 6.31. The summed E-state index contributed by atoms with van der Waals surface area (Å²) >= 11 is 5.97. The molecule has 1 N–H and O–H groups in total. The molecule has 0 radical (unpaired) electrons. The van der Waals surface area contributed by atoms with Crippen LogP contribution in [0.1, 0.15) is 5.56 Å². The highest BCUT2D eigenvalue weighted by Gasteiger charge is 2.53. The molecule has 9 heteroatoms. The van der Waals surface area contributed by atoms with Gasteiger partial charge in [0.15, 0.2) is 0 Å². The van der Waals surface area contributed by atoms with Crippen molar-refractivity contribution in [3.8, 4) is 6.07 Å². The minimum Gasteiger partial charge on any atom is -0.481 e. The van der Waals surface area contributed by atoms with Crippen molar-refractivity contribution in [2.45, 2.75) is 6.18 Å². The number of anilines is 1. The van der Waals surface area contributed by atoms with Crippen LogP contribution in [-0.2, 0) is 4.79 Å². The number of hydrogen-bond donors (Lipinski definition) is 1. The number of benzene rings is 1. The zero-order valence-corrected chi connectivity index (χ0v) is 13.3. The Hall–Kier alpha value is -2.53. The molecule has 2 aromatic rings. The summed E-state index contributed by atoms with van der Waals surface area (Å²) in [5, 5.41) is 19.2. The Kier molecular flexibility index (Phi) is 4.21. The second-order valence-corrected chi connectivity index (χ2v) is 6.23. The minimum atomic E-state index is -4.65. The van der Waals surface area contributed by atoms with Gasteiger partial charge in [0.2, 0.25) is 0 Å². The fourth-order valence-corrected chi connectivity index (χ4v) is 3.31. The van der Waals surface area contributed by atoms with Gasteiger partial charge in [-0.25, -0.2) is 0 Å². The molecule has 2 heterocycles. The molecule has 1 aliphatic rings. The number of fused-ring (bicyclic) bond motifs is 1. The predicted octanol–water partition coefficient (Wildman–Crippen LogP) is 3.46. The second kappa shape index (κ2) is 6.08. The van der Waals surface area contributed by atoms with Crippen molar-refractivity contribution in [1.29, 1.82) is 5.26 Å². The maximum absolute atomic E-state index is 13.2. The molecule has 130 valence electrons.